The molecule has 1 aromatic rings. The highest BCUT2D eigenvalue weighted by atomic mass is 32.2. The lowest BCUT2D eigenvalue weighted by Crippen LogP contribution is -2.36. The zero-order valence-corrected chi connectivity index (χ0v) is 15.1. The van der Waals surface area contributed by atoms with Crippen molar-refractivity contribution >= 4 is 15.9 Å². The van der Waals surface area contributed by atoms with Gasteiger partial charge in [0.05, 0.1) is 20.0 Å². The van der Waals surface area contributed by atoms with Crippen LogP contribution in [0.4, 0.5) is 0 Å². The lowest BCUT2D eigenvalue weighted by molar-refractivity contribution is -0.119. The Morgan fingerprint density at radius 3 is 2.26 bits per heavy atom. The van der Waals surface area contributed by atoms with Crippen molar-refractivity contribution in [2.45, 2.75) is 33.6 Å². The lowest BCUT2D eigenvalue weighted by Gasteiger charge is -2.18. The van der Waals surface area contributed by atoms with Gasteiger partial charge in [-0.1, -0.05) is 26.8 Å². The number of hydrogen-bond acceptors (Lipinski definition) is 5. The van der Waals surface area contributed by atoms with Crippen molar-refractivity contribution in [2.24, 2.45) is 5.41 Å². The first kappa shape index (κ1) is 19.3. The molecule has 1 aromatic carbocycles. The van der Waals surface area contributed by atoms with E-state index >= 15 is 0 Å². The second-order valence-corrected chi connectivity index (χ2v) is 8.26. The first-order valence-corrected chi connectivity index (χ1v) is 8.96. The number of ether oxygens (including phenoxy) is 2. The van der Waals surface area contributed by atoms with E-state index in [-0.39, 0.29) is 12.2 Å². The molecule has 0 fully saturated rings. The molecule has 0 spiro atoms. The standard InChI is InChI=1S/C16H25NO5S/c1-16(2,3)11-23(19,20)17-15(18)9-7-12-6-8-13(21-4)14(10-12)22-5/h6,8,10H,7,9,11H2,1-5H3,(H,17,18). The summed E-state index contributed by atoms with van der Waals surface area (Å²) in [4.78, 5) is 11.8. The van der Waals surface area contributed by atoms with E-state index in [0.29, 0.717) is 17.9 Å². The van der Waals surface area contributed by atoms with Crippen LogP contribution in [-0.2, 0) is 21.2 Å². The first-order chi connectivity index (χ1) is 10.6. The summed E-state index contributed by atoms with van der Waals surface area (Å²) in [6, 6.07) is 5.34. The van der Waals surface area contributed by atoms with Crippen LogP contribution in [0.15, 0.2) is 18.2 Å². The van der Waals surface area contributed by atoms with Crippen LogP contribution in [0.2, 0.25) is 0 Å². The van der Waals surface area contributed by atoms with Crippen molar-refractivity contribution in [3.8, 4) is 11.5 Å². The van der Waals surface area contributed by atoms with Gasteiger partial charge < -0.3 is 9.47 Å². The Balaban J connectivity index is 2.63. The summed E-state index contributed by atoms with van der Waals surface area (Å²) in [6.45, 7) is 5.42. The van der Waals surface area contributed by atoms with E-state index in [1.165, 1.54) is 7.11 Å². The quantitative estimate of drug-likeness (QED) is 0.820. The molecule has 1 amide bonds. The Morgan fingerprint density at radius 1 is 1.13 bits per heavy atom. The van der Waals surface area contributed by atoms with E-state index in [4.69, 9.17) is 9.47 Å². The zero-order chi connectivity index (χ0) is 17.7. The van der Waals surface area contributed by atoms with Crippen LogP contribution in [0.25, 0.3) is 0 Å². The third-order valence-corrected chi connectivity index (χ3v) is 4.77. The molecule has 0 saturated carbocycles. The van der Waals surface area contributed by atoms with E-state index in [1.54, 1.807) is 40.0 Å². The van der Waals surface area contributed by atoms with E-state index in [2.05, 4.69) is 4.72 Å². The van der Waals surface area contributed by atoms with Gasteiger partial charge in [0.1, 0.15) is 0 Å². The molecule has 0 aromatic heterocycles. The van der Waals surface area contributed by atoms with E-state index in [1.807, 2.05) is 6.07 Å². The molecule has 1 N–H and O–H groups in total. The van der Waals surface area contributed by atoms with Crippen molar-refractivity contribution in [1.82, 2.24) is 4.72 Å². The molecule has 0 radical (unpaired) electrons. The minimum Gasteiger partial charge on any atom is -0.493 e. The van der Waals surface area contributed by atoms with Gasteiger partial charge in [0.15, 0.2) is 11.5 Å². The summed E-state index contributed by atoms with van der Waals surface area (Å²) in [6.07, 6.45) is 0.496. The second-order valence-electron chi connectivity index (χ2n) is 6.53. The molecule has 0 bridgehead atoms. The monoisotopic (exact) mass is 343 g/mol. The molecule has 130 valence electrons. The predicted octanol–water partition coefficient (Wildman–Crippen LogP) is 2.13. The molecule has 7 heteroatoms. The molecule has 23 heavy (non-hydrogen) atoms. The van der Waals surface area contributed by atoms with Gasteiger partial charge in [0, 0.05) is 6.42 Å². The number of hydrogen-bond donors (Lipinski definition) is 1. The fourth-order valence-electron chi connectivity index (χ4n) is 2.12. The van der Waals surface area contributed by atoms with Crippen LogP contribution in [0.3, 0.4) is 0 Å². The van der Waals surface area contributed by atoms with E-state index in [9.17, 15) is 13.2 Å². The molecular weight excluding hydrogens is 318 g/mol. The van der Waals surface area contributed by atoms with Gasteiger partial charge in [0.2, 0.25) is 15.9 Å². The molecule has 0 heterocycles. The van der Waals surface area contributed by atoms with Crippen LogP contribution in [0, 0.1) is 5.41 Å². The molecule has 0 aliphatic heterocycles. The average Bonchev–Trinajstić information content (AvgIpc) is 2.41. The highest BCUT2D eigenvalue weighted by Gasteiger charge is 2.23. The normalized spacial score (nSPS) is 11.9. The minimum absolute atomic E-state index is 0.0822. The maximum Gasteiger partial charge on any atom is 0.235 e. The molecule has 0 aliphatic rings. The largest absolute Gasteiger partial charge is 0.493 e. The van der Waals surface area contributed by atoms with Crippen LogP contribution >= 0.6 is 0 Å². The second kappa shape index (κ2) is 7.68. The number of aryl methyl sites for hydroxylation is 1. The van der Waals surface area contributed by atoms with Crippen molar-refractivity contribution in [1.29, 1.82) is 0 Å². The number of carbonyl (C=O) groups is 1. The molecule has 1 rings (SSSR count). The maximum atomic E-state index is 11.9. The average molecular weight is 343 g/mol. The van der Waals surface area contributed by atoms with Crippen LogP contribution in [0.5, 0.6) is 11.5 Å². The van der Waals surface area contributed by atoms with Crippen molar-refractivity contribution in [2.75, 3.05) is 20.0 Å². The number of amides is 1. The van der Waals surface area contributed by atoms with Crippen molar-refractivity contribution < 1.29 is 22.7 Å². The van der Waals surface area contributed by atoms with E-state index < -0.39 is 21.3 Å². The topological polar surface area (TPSA) is 81.7 Å². The van der Waals surface area contributed by atoms with Crippen molar-refractivity contribution in [3.05, 3.63) is 23.8 Å². The highest BCUT2D eigenvalue weighted by Crippen LogP contribution is 2.27. The molecular formula is C16H25NO5S. The van der Waals surface area contributed by atoms with Crippen LogP contribution in [0.1, 0.15) is 32.8 Å². The van der Waals surface area contributed by atoms with E-state index in [0.717, 1.165) is 5.56 Å². The summed E-state index contributed by atoms with van der Waals surface area (Å²) in [5.74, 6) is 0.575. The Morgan fingerprint density at radius 2 is 1.74 bits per heavy atom. The molecule has 0 atom stereocenters. The predicted molar refractivity (Wildman–Crippen MR) is 89.3 cm³/mol. The molecule has 6 nitrogen and oxygen atoms in total. The zero-order valence-electron chi connectivity index (χ0n) is 14.3. The number of methoxy groups -OCH3 is 2. The van der Waals surface area contributed by atoms with Gasteiger partial charge in [-0.15, -0.1) is 0 Å². The first-order valence-electron chi connectivity index (χ1n) is 7.30. The molecule has 0 aliphatic carbocycles. The molecule has 0 unspecified atom stereocenters. The smallest absolute Gasteiger partial charge is 0.235 e. The van der Waals surface area contributed by atoms with Crippen molar-refractivity contribution in [3.63, 3.8) is 0 Å². The number of carbonyl (C=O) groups excluding carboxylic acids is 1. The molecule has 0 saturated heterocycles. The number of rotatable bonds is 7. The number of sulfonamides is 1. The Kier molecular flexibility index (Phi) is 6.44. The number of nitrogens with one attached hydrogen (secondary N) is 1. The lowest BCUT2D eigenvalue weighted by atomic mass is 10.0. The van der Waals surface area contributed by atoms with Gasteiger partial charge in [-0.05, 0) is 29.5 Å². The van der Waals surface area contributed by atoms with Crippen LogP contribution in [-0.4, -0.2) is 34.3 Å². The Bertz CT molecular complexity index is 647. The summed E-state index contributed by atoms with van der Waals surface area (Å²) >= 11 is 0. The summed E-state index contributed by atoms with van der Waals surface area (Å²) in [5, 5.41) is 0. The third-order valence-electron chi connectivity index (χ3n) is 2.98. The van der Waals surface area contributed by atoms with Gasteiger partial charge in [0.25, 0.3) is 0 Å². The summed E-state index contributed by atoms with van der Waals surface area (Å²) < 4.78 is 36.2. The number of benzene rings is 1. The minimum atomic E-state index is -3.61. The summed E-state index contributed by atoms with van der Waals surface area (Å²) in [7, 11) is -0.529. The Hall–Kier alpha value is -1.76. The van der Waals surface area contributed by atoms with Gasteiger partial charge >= 0.3 is 0 Å². The third kappa shape index (κ3) is 6.90. The highest BCUT2D eigenvalue weighted by molar-refractivity contribution is 7.90. The fraction of sp³-hybridized carbons (Fsp3) is 0.562. The van der Waals surface area contributed by atoms with Crippen LogP contribution < -0.4 is 14.2 Å². The fourth-order valence-corrected chi connectivity index (χ4v) is 3.79. The van der Waals surface area contributed by atoms with Gasteiger partial charge in [-0.3, -0.25) is 9.52 Å². The summed E-state index contributed by atoms with van der Waals surface area (Å²) in [5.41, 5.74) is 0.459. The maximum absolute atomic E-state index is 11.9. The van der Waals surface area contributed by atoms with Gasteiger partial charge in [-0.25, -0.2) is 8.42 Å². The SMILES string of the molecule is COc1ccc(CCC(=O)NS(=O)(=O)CC(C)(C)C)cc1OC. The Labute approximate surface area is 138 Å². The van der Waals surface area contributed by atoms with Gasteiger partial charge in [-0.2, -0.15) is 0 Å².